The van der Waals surface area contributed by atoms with Crippen molar-refractivity contribution >= 4 is 21.9 Å². The Morgan fingerprint density at radius 3 is 2.69 bits per heavy atom. The molecule has 72 valence electrons. The van der Waals surface area contributed by atoms with Crippen LogP contribution in [-0.2, 0) is 11.2 Å². The van der Waals surface area contributed by atoms with Gasteiger partial charge in [-0.1, -0.05) is 13.8 Å². The molecule has 1 aromatic rings. The zero-order chi connectivity index (χ0) is 10.0. The van der Waals surface area contributed by atoms with Gasteiger partial charge in [-0.3, -0.25) is 9.89 Å². The molecule has 1 aromatic heterocycles. The third kappa shape index (κ3) is 2.30. The van der Waals surface area contributed by atoms with Gasteiger partial charge in [-0.15, -0.1) is 0 Å². The van der Waals surface area contributed by atoms with Crippen molar-refractivity contribution in [1.29, 1.82) is 0 Å². The third-order valence-electron chi connectivity index (χ3n) is 1.68. The number of rotatable bonds is 3. The molecular weight excluding hydrogens is 236 g/mol. The van der Waals surface area contributed by atoms with E-state index in [2.05, 4.69) is 26.1 Å². The van der Waals surface area contributed by atoms with Gasteiger partial charge in [0.05, 0.1) is 22.3 Å². The third-order valence-corrected chi connectivity index (χ3v) is 2.56. The number of aromatic amines is 1. The van der Waals surface area contributed by atoms with Crippen LogP contribution in [0.3, 0.4) is 0 Å². The molecule has 1 heterocycles. The van der Waals surface area contributed by atoms with E-state index in [1.165, 1.54) is 0 Å². The summed E-state index contributed by atoms with van der Waals surface area (Å²) >= 11 is 3.32. The largest absolute Gasteiger partial charge is 0.481 e. The van der Waals surface area contributed by atoms with E-state index in [0.29, 0.717) is 5.69 Å². The molecule has 5 heteroatoms. The summed E-state index contributed by atoms with van der Waals surface area (Å²) in [5.74, 6) is -0.576. The molecule has 0 spiro atoms. The van der Waals surface area contributed by atoms with Gasteiger partial charge in [0.2, 0.25) is 0 Å². The number of carboxylic acid groups (broad SMARTS) is 1. The molecule has 4 nitrogen and oxygen atoms in total. The number of aliphatic carboxylic acids is 1. The van der Waals surface area contributed by atoms with Gasteiger partial charge in [0.25, 0.3) is 0 Å². The highest BCUT2D eigenvalue weighted by molar-refractivity contribution is 9.10. The molecular formula is C8H11BrN2O2. The Morgan fingerprint density at radius 2 is 2.31 bits per heavy atom. The lowest BCUT2D eigenvalue weighted by atomic mass is 10.1. The summed E-state index contributed by atoms with van der Waals surface area (Å²) in [7, 11) is 0. The Morgan fingerprint density at radius 1 is 1.69 bits per heavy atom. The fourth-order valence-corrected chi connectivity index (χ4v) is 1.81. The lowest BCUT2D eigenvalue weighted by Gasteiger charge is -1.99. The van der Waals surface area contributed by atoms with Crippen LogP contribution in [0.1, 0.15) is 31.2 Å². The fourth-order valence-electron chi connectivity index (χ4n) is 1.03. The number of nitrogens with zero attached hydrogens (tertiary/aromatic N) is 1. The van der Waals surface area contributed by atoms with Crippen LogP contribution < -0.4 is 0 Å². The summed E-state index contributed by atoms with van der Waals surface area (Å²) in [6, 6.07) is 0. The number of carboxylic acids is 1. The number of carbonyl (C=O) groups is 1. The zero-order valence-corrected chi connectivity index (χ0v) is 9.05. The van der Waals surface area contributed by atoms with Crippen molar-refractivity contribution in [3.63, 3.8) is 0 Å². The van der Waals surface area contributed by atoms with Gasteiger partial charge >= 0.3 is 5.97 Å². The van der Waals surface area contributed by atoms with E-state index in [9.17, 15) is 4.79 Å². The highest BCUT2D eigenvalue weighted by atomic mass is 79.9. The van der Waals surface area contributed by atoms with E-state index in [4.69, 9.17) is 5.11 Å². The topological polar surface area (TPSA) is 66.0 Å². The molecule has 0 saturated heterocycles. The lowest BCUT2D eigenvalue weighted by molar-refractivity contribution is -0.136. The average molecular weight is 247 g/mol. The molecule has 0 unspecified atom stereocenters. The first-order valence-electron chi connectivity index (χ1n) is 3.96. The number of nitrogens with one attached hydrogen (secondary N) is 1. The van der Waals surface area contributed by atoms with Gasteiger partial charge in [-0.25, -0.2) is 0 Å². The van der Waals surface area contributed by atoms with Gasteiger partial charge in [-0.05, 0) is 21.8 Å². The van der Waals surface area contributed by atoms with E-state index in [1.54, 1.807) is 0 Å². The van der Waals surface area contributed by atoms with Gasteiger partial charge in [0.15, 0.2) is 0 Å². The summed E-state index contributed by atoms with van der Waals surface area (Å²) in [6.45, 7) is 4.01. The molecule has 0 aromatic carbocycles. The lowest BCUT2D eigenvalue weighted by Crippen LogP contribution is -2.00. The van der Waals surface area contributed by atoms with Crippen molar-refractivity contribution in [3.8, 4) is 0 Å². The maximum absolute atomic E-state index is 10.4. The maximum atomic E-state index is 10.4. The Balaban J connectivity index is 2.92. The second kappa shape index (κ2) is 3.91. The van der Waals surface area contributed by atoms with Gasteiger partial charge in [0, 0.05) is 0 Å². The highest BCUT2D eigenvalue weighted by Crippen LogP contribution is 2.25. The van der Waals surface area contributed by atoms with Crippen LogP contribution in [0.25, 0.3) is 0 Å². The SMILES string of the molecule is CC(C)c1n[nH]c(CC(=O)O)c1Br. The van der Waals surface area contributed by atoms with E-state index in [1.807, 2.05) is 13.8 Å². The van der Waals surface area contributed by atoms with E-state index in [0.717, 1.165) is 10.2 Å². The summed E-state index contributed by atoms with van der Waals surface area (Å²) < 4.78 is 0.782. The van der Waals surface area contributed by atoms with Gasteiger partial charge in [0.1, 0.15) is 0 Å². The van der Waals surface area contributed by atoms with Crippen molar-refractivity contribution in [2.24, 2.45) is 0 Å². The minimum absolute atomic E-state index is 0.0275. The first-order valence-corrected chi connectivity index (χ1v) is 4.76. The van der Waals surface area contributed by atoms with Crippen LogP contribution in [0.4, 0.5) is 0 Å². The van der Waals surface area contributed by atoms with Crippen molar-refractivity contribution in [3.05, 3.63) is 15.9 Å². The second-order valence-electron chi connectivity index (χ2n) is 3.13. The van der Waals surface area contributed by atoms with Gasteiger partial charge < -0.3 is 5.11 Å². The molecule has 2 N–H and O–H groups in total. The number of hydrogen-bond donors (Lipinski definition) is 2. The standard InChI is InChI=1S/C8H11BrN2O2/c1-4(2)8-7(9)5(10-11-8)3-6(12)13/h4H,3H2,1-2H3,(H,10,11)(H,12,13). The Kier molecular flexibility index (Phi) is 3.08. The zero-order valence-electron chi connectivity index (χ0n) is 7.47. The van der Waals surface area contributed by atoms with Crippen LogP contribution in [0.15, 0.2) is 4.47 Å². The summed E-state index contributed by atoms with van der Waals surface area (Å²) in [4.78, 5) is 10.4. The Labute approximate surface area is 84.5 Å². The van der Waals surface area contributed by atoms with Crippen LogP contribution in [0.5, 0.6) is 0 Å². The predicted octanol–water partition coefficient (Wildman–Crippen LogP) is 1.92. The second-order valence-corrected chi connectivity index (χ2v) is 3.92. The van der Waals surface area contributed by atoms with Crippen LogP contribution in [0, 0.1) is 0 Å². The number of aromatic nitrogens is 2. The van der Waals surface area contributed by atoms with Crippen LogP contribution >= 0.6 is 15.9 Å². The number of H-pyrrole nitrogens is 1. The molecule has 0 fully saturated rings. The Bertz CT molecular complexity index is 320. The van der Waals surface area contributed by atoms with E-state index >= 15 is 0 Å². The fraction of sp³-hybridized carbons (Fsp3) is 0.500. The minimum atomic E-state index is -0.861. The van der Waals surface area contributed by atoms with Crippen molar-refractivity contribution in [2.75, 3.05) is 0 Å². The average Bonchev–Trinajstić information content (AvgIpc) is 2.32. The number of halogens is 1. The van der Waals surface area contributed by atoms with E-state index < -0.39 is 5.97 Å². The number of hydrogen-bond acceptors (Lipinski definition) is 2. The maximum Gasteiger partial charge on any atom is 0.309 e. The molecule has 0 radical (unpaired) electrons. The van der Waals surface area contributed by atoms with Gasteiger partial charge in [-0.2, -0.15) is 5.10 Å². The molecule has 1 rings (SSSR count). The first-order chi connectivity index (χ1) is 6.02. The molecule has 0 aliphatic heterocycles. The molecule has 0 aliphatic carbocycles. The van der Waals surface area contributed by atoms with Crippen molar-refractivity contribution in [2.45, 2.75) is 26.2 Å². The summed E-state index contributed by atoms with van der Waals surface area (Å²) in [6.07, 6.45) is -0.0275. The molecule has 0 aliphatic rings. The quantitative estimate of drug-likeness (QED) is 0.857. The Hall–Kier alpha value is -0.840. The molecule has 13 heavy (non-hydrogen) atoms. The van der Waals surface area contributed by atoms with Crippen molar-refractivity contribution < 1.29 is 9.90 Å². The monoisotopic (exact) mass is 246 g/mol. The smallest absolute Gasteiger partial charge is 0.309 e. The molecule has 0 amide bonds. The normalized spacial score (nSPS) is 10.8. The van der Waals surface area contributed by atoms with Crippen LogP contribution in [0.2, 0.25) is 0 Å². The summed E-state index contributed by atoms with van der Waals surface area (Å²) in [5, 5.41) is 15.3. The highest BCUT2D eigenvalue weighted by Gasteiger charge is 2.14. The molecule has 0 saturated carbocycles. The molecule has 0 bridgehead atoms. The predicted molar refractivity (Wildman–Crippen MR) is 51.7 cm³/mol. The van der Waals surface area contributed by atoms with Crippen LogP contribution in [-0.4, -0.2) is 21.3 Å². The summed E-state index contributed by atoms with van der Waals surface area (Å²) in [5.41, 5.74) is 1.49. The minimum Gasteiger partial charge on any atom is -0.481 e. The van der Waals surface area contributed by atoms with Crippen molar-refractivity contribution in [1.82, 2.24) is 10.2 Å². The molecule has 0 atom stereocenters. The first kappa shape index (κ1) is 10.2. The van der Waals surface area contributed by atoms with E-state index in [-0.39, 0.29) is 12.3 Å².